The van der Waals surface area contributed by atoms with E-state index in [-0.39, 0.29) is 36.0 Å². The summed E-state index contributed by atoms with van der Waals surface area (Å²) in [5.41, 5.74) is 0.819. The summed E-state index contributed by atoms with van der Waals surface area (Å²) in [5.74, 6) is 1.23. The molecule has 0 aliphatic carbocycles. The summed E-state index contributed by atoms with van der Waals surface area (Å²) in [6.45, 7) is 1.49. The largest absolute Gasteiger partial charge is 0.341 e. The summed E-state index contributed by atoms with van der Waals surface area (Å²) in [6.07, 6.45) is 0.237. The minimum absolute atomic E-state index is 0.0286. The zero-order valence-electron chi connectivity index (χ0n) is 12.5. The van der Waals surface area contributed by atoms with Crippen molar-refractivity contribution in [2.45, 2.75) is 12.5 Å². The number of thioether (sulfide) groups is 1. The van der Waals surface area contributed by atoms with Crippen LogP contribution in [0, 0.1) is 11.7 Å². The summed E-state index contributed by atoms with van der Waals surface area (Å²) < 4.78 is 13.1. The van der Waals surface area contributed by atoms with Gasteiger partial charge in [0.15, 0.2) is 0 Å². The van der Waals surface area contributed by atoms with Crippen molar-refractivity contribution in [2.75, 3.05) is 31.6 Å². The van der Waals surface area contributed by atoms with E-state index in [1.807, 2.05) is 16.7 Å². The maximum atomic E-state index is 13.1. The van der Waals surface area contributed by atoms with E-state index >= 15 is 0 Å². The number of likely N-dealkylation sites (tertiary alicyclic amines) is 1. The fraction of sp³-hybridized carbons (Fsp3) is 0.500. The Hall–Kier alpha value is -1.56. The molecule has 22 heavy (non-hydrogen) atoms. The Bertz CT molecular complexity index is 572. The van der Waals surface area contributed by atoms with Crippen molar-refractivity contribution < 1.29 is 14.0 Å². The van der Waals surface area contributed by atoms with Crippen molar-refractivity contribution in [2.24, 2.45) is 5.92 Å². The molecule has 0 aromatic heterocycles. The van der Waals surface area contributed by atoms with Crippen molar-refractivity contribution >= 4 is 23.6 Å². The third-order valence-corrected chi connectivity index (χ3v) is 5.38. The molecule has 0 N–H and O–H groups in total. The van der Waals surface area contributed by atoms with Crippen molar-refractivity contribution in [3.05, 3.63) is 35.6 Å². The highest BCUT2D eigenvalue weighted by molar-refractivity contribution is 7.99. The minimum atomic E-state index is -0.369. The van der Waals surface area contributed by atoms with Gasteiger partial charge in [-0.2, -0.15) is 11.8 Å². The molecule has 118 valence electrons. The van der Waals surface area contributed by atoms with Crippen LogP contribution in [-0.4, -0.2) is 53.3 Å². The molecule has 3 rings (SSSR count). The highest BCUT2D eigenvalue weighted by Crippen LogP contribution is 2.38. The molecular weight excluding hydrogens is 303 g/mol. The summed E-state index contributed by atoms with van der Waals surface area (Å²) in [6, 6.07) is 5.80. The average molecular weight is 322 g/mol. The first-order chi connectivity index (χ1) is 10.6. The first-order valence-corrected chi connectivity index (χ1v) is 8.61. The number of hydrogen-bond donors (Lipinski definition) is 0. The van der Waals surface area contributed by atoms with Crippen molar-refractivity contribution in [3.63, 3.8) is 0 Å². The standard InChI is InChI=1S/C16H19FN2O2S/c1-18-14(20)10-13(16(21)19-6-8-22-9-7-19)15(18)11-2-4-12(17)5-3-11/h2-5,13,15H,6-10H2,1H3/t13-,15-/m1/s1. The van der Waals surface area contributed by atoms with Gasteiger partial charge in [0.25, 0.3) is 0 Å². The minimum Gasteiger partial charge on any atom is -0.341 e. The van der Waals surface area contributed by atoms with E-state index in [4.69, 9.17) is 0 Å². The van der Waals surface area contributed by atoms with Gasteiger partial charge in [-0.15, -0.1) is 0 Å². The molecule has 0 spiro atoms. The highest BCUT2D eigenvalue weighted by Gasteiger charge is 2.44. The Morgan fingerprint density at radius 2 is 1.86 bits per heavy atom. The molecule has 2 aliphatic rings. The quantitative estimate of drug-likeness (QED) is 0.835. The fourth-order valence-electron chi connectivity index (χ4n) is 3.23. The first kappa shape index (κ1) is 15.3. The summed E-state index contributed by atoms with van der Waals surface area (Å²) in [5, 5.41) is 0. The summed E-state index contributed by atoms with van der Waals surface area (Å²) >= 11 is 1.85. The normalized spacial score (nSPS) is 25.6. The van der Waals surface area contributed by atoms with Crippen LogP contribution in [0.25, 0.3) is 0 Å². The maximum Gasteiger partial charge on any atom is 0.228 e. The van der Waals surface area contributed by atoms with Gasteiger partial charge in [0.05, 0.1) is 12.0 Å². The van der Waals surface area contributed by atoms with Crippen LogP contribution in [0.1, 0.15) is 18.0 Å². The Balaban J connectivity index is 1.86. The molecule has 6 heteroatoms. The monoisotopic (exact) mass is 322 g/mol. The molecule has 2 fully saturated rings. The Labute approximate surface area is 133 Å². The topological polar surface area (TPSA) is 40.6 Å². The molecule has 1 aromatic carbocycles. The summed E-state index contributed by atoms with van der Waals surface area (Å²) in [7, 11) is 1.72. The average Bonchev–Trinajstić information content (AvgIpc) is 2.84. The lowest BCUT2D eigenvalue weighted by Crippen LogP contribution is -2.42. The number of carbonyl (C=O) groups excluding carboxylic acids is 2. The molecule has 2 aliphatic heterocycles. The Morgan fingerprint density at radius 3 is 2.50 bits per heavy atom. The molecule has 2 heterocycles. The van der Waals surface area contributed by atoms with Crippen LogP contribution < -0.4 is 0 Å². The Morgan fingerprint density at radius 1 is 1.23 bits per heavy atom. The number of carbonyl (C=O) groups is 2. The Kier molecular flexibility index (Phi) is 4.38. The maximum absolute atomic E-state index is 13.1. The van der Waals surface area contributed by atoms with Crippen LogP contribution in [0.5, 0.6) is 0 Å². The van der Waals surface area contributed by atoms with Gasteiger partial charge < -0.3 is 9.80 Å². The van der Waals surface area contributed by atoms with Crippen molar-refractivity contribution in [3.8, 4) is 0 Å². The van der Waals surface area contributed by atoms with E-state index in [0.717, 1.165) is 30.2 Å². The van der Waals surface area contributed by atoms with Crippen LogP contribution in [0.4, 0.5) is 4.39 Å². The van der Waals surface area contributed by atoms with Crippen molar-refractivity contribution in [1.29, 1.82) is 0 Å². The molecule has 2 atom stereocenters. The van der Waals surface area contributed by atoms with E-state index in [1.54, 1.807) is 24.1 Å². The molecule has 0 radical (unpaired) electrons. The molecule has 0 bridgehead atoms. The van der Waals surface area contributed by atoms with Gasteiger partial charge in [0, 0.05) is 38.1 Å². The zero-order chi connectivity index (χ0) is 15.7. The number of rotatable bonds is 2. The zero-order valence-corrected chi connectivity index (χ0v) is 13.3. The van der Waals surface area contributed by atoms with Gasteiger partial charge >= 0.3 is 0 Å². The molecule has 4 nitrogen and oxygen atoms in total. The van der Waals surface area contributed by atoms with Gasteiger partial charge in [0.1, 0.15) is 5.82 Å². The third-order valence-electron chi connectivity index (χ3n) is 4.44. The second-order valence-corrected chi connectivity index (χ2v) is 6.97. The van der Waals surface area contributed by atoms with Crippen LogP contribution in [0.15, 0.2) is 24.3 Å². The molecular formula is C16H19FN2O2S. The lowest BCUT2D eigenvalue weighted by molar-refractivity contribution is -0.136. The number of nitrogens with zero attached hydrogens (tertiary/aromatic N) is 2. The van der Waals surface area contributed by atoms with Crippen LogP contribution in [0.3, 0.4) is 0 Å². The highest BCUT2D eigenvalue weighted by atomic mass is 32.2. The number of hydrogen-bond acceptors (Lipinski definition) is 3. The van der Waals surface area contributed by atoms with Crippen LogP contribution in [-0.2, 0) is 9.59 Å². The molecule has 0 saturated carbocycles. The first-order valence-electron chi connectivity index (χ1n) is 7.45. The lowest BCUT2D eigenvalue weighted by Gasteiger charge is -2.32. The van der Waals surface area contributed by atoms with Gasteiger partial charge in [-0.1, -0.05) is 12.1 Å². The van der Waals surface area contributed by atoms with Gasteiger partial charge in [0.2, 0.25) is 11.8 Å². The van der Waals surface area contributed by atoms with Crippen molar-refractivity contribution in [1.82, 2.24) is 9.80 Å². The van der Waals surface area contributed by atoms with Crippen LogP contribution >= 0.6 is 11.8 Å². The number of benzene rings is 1. The van der Waals surface area contributed by atoms with E-state index in [1.165, 1.54) is 12.1 Å². The molecule has 2 amide bonds. The predicted molar refractivity (Wildman–Crippen MR) is 83.9 cm³/mol. The molecule has 1 aromatic rings. The van der Waals surface area contributed by atoms with Gasteiger partial charge in [-0.3, -0.25) is 9.59 Å². The van der Waals surface area contributed by atoms with E-state index in [9.17, 15) is 14.0 Å². The number of amides is 2. The molecule has 0 unspecified atom stereocenters. The SMILES string of the molecule is CN1C(=O)C[C@@H](C(=O)N2CCSCC2)[C@H]1c1ccc(F)cc1. The third kappa shape index (κ3) is 2.84. The number of halogens is 1. The smallest absolute Gasteiger partial charge is 0.228 e. The second kappa shape index (κ2) is 6.28. The van der Waals surface area contributed by atoms with Crippen LogP contribution in [0.2, 0.25) is 0 Å². The van der Waals surface area contributed by atoms with E-state index < -0.39 is 0 Å². The van der Waals surface area contributed by atoms with E-state index in [2.05, 4.69) is 0 Å². The molecule has 2 saturated heterocycles. The van der Waals surface area contributed by atoms with Gasteiger partial charge in [-0.05, 0) is 17.7 Å². The van der Waals surface area contributed by atoms with Gasteiger partial charge in [-0.25, -0.2) is 4.39 Å². The second-order valence-electron chi connectivity index (χ2n) is 5.75. The van der Waals surface area contributed by atoms with E-state index in [0.29, 0.717) is 0 Å². The lowest BCUT2D eigenvalue weighted by atomic mass is 9.92. The fourth-order valence-corrected chi connectivity index (χ4v) is 4.13. The summed E-state index contributed by atoms with van der Waals surface area (Å²) in [4.78, 5) is 28.4. The predicted octanol–water partition coefficient (Wildman–Crippen LogP) is 1.92.